The average Bonchev–Trinajstić information content (AvgIpc) is 2.67. The Labute approximate surface area is 193 Å². The zero-order valence-electron chi connectivity index (χ0n) is 21.0. The highest BCUT2D eigenvalue weighted by atomic mass is 16.6. The van der Waals surface area contributed by atoms with E-state index in [1.807, 2.05) is 45.9 Å². The van der Waals surface area contributed by atoms with Gasteiger partial charge in [-0.05, 0) is 65.5 Å². The molecule has 1 rings (SSSR count). The predicted molar refractivity (Wildman–Crippen MR) is 127 cm³/mol. The Morgan fingerprint density at radius 3 is 2.31 bits per heavy atom. The summed E-state index contributed by atoms with van der Waals surface area (Å²) in [6.07, 6.45) is 1.82. The first kappa shape index (κ1) is 27.5. The van der Waals surface area contributed by atoms with Crippen molar-refractivity contribution in [3.63, 3.8) is 0 Å². The minimum Gasteiger partial charge on any atom is -0.444 e. The lowest BCUT2D eigenvalue weighted by Crippen LogP contribution is -2.49. The van der Waals surface area contributed by atoms with Crippen molar-refractivity contribution in [2.75, 3.05) is 13.1 Å². The van der Waals surface area contributed by atoms with Crippen LogP contribution in [0.15, 0.2) is 18.2 Å². The first-order valence-corrected chi connectivity index (χ1v) is 11.5. The van der Waals surface area contributed by atoms with Gasteiger partial charge in [0.15, 0.2) is 0 Å². The molecule has 0 spiro atoms. The summed E-state index contributed by atoms with van der Waals surface area (Å²) >= 11 is 0. The van der Waals surface area contributed by atoms with E-state index in [0.717, 1.165) is 29.5 Å². The van der Waals surface area contributed by atoms with E-state index >= 15 is 0 Å². The van der Waals surface area contributed by atoms with Crippen LogP contribution in [0.1, 0.15) is 83.5 Å². The maximum Gasteiger partial charge on any atom is 0.408 e. The van der Waals surface area contributed by atoms with Crippen LogP contribution < -0.4 is 10.6 Å². The van der Waals surface area contributed by atoms with Crippen LogP contribution in [0.25, 0.3) is 0 Å². The number of amides is 3. The van der Waals surface area contributed by atoms with E-state index in [1.165, 1.54) is 0 Å². The molecule has 0 aromatic heterocycles. The summed E-state index contributed by atoms with van der Waals surface area (Å²) in [4.78, 5) is 40.2. The topological polar surface area (TPSA) is 87.7 Å². The van der Waals surface area contributed by atoms with Crippen LogP contribution in [0.3, 0.4) is 0 Å². The van der Waals surface area contributed by atoms with Crippen LogP contribution in [0.5, 0.6) is 0 Å². The zero-order valence-corrected chi connectivity index (χ0v) is 21.0. The molecule has 32 heavy (non-hydrogen) atoms. The number of hydrogen-bond acceptors (Lipinski definition) is 4. The lowest BCUT2D eigenvalue weighted by molar-refractivity contribution is -0.140. The van der Waals surface area contributed by atoms with Gasteiger partial charge in [0.2, 0.25) is 11.8 Å². The molecule has 0 aliphatic carbocycles. The SMILES string of the molecule is CCCC(C)NC(=O)C(c1cc(C)ccc1C)N(CCC)C(=O)CNC(=O)OC(C)(C)C. The quantitative estimate of drug-likeness (QED) is 0.556. The van der Waals surface area contributed by atoms with Crippen molar-refractivity contribution in [1.82, 2.24) is 15.5 Å². The third kappa shape index (κ3) is 8.89. The summed E-state index contributed by atoms with van der Waals surface area (Å²) in [5.41, 5.74) is 2.09. The zero-order chi connectivity index (χ0) is 24.5. The predicted octanol–water partition coefficient (Wildman–Crippen LogP) is 4.41. The Balaban J connectivity index is 3.23. The van der Waals surface area contributed by atoms with Crippen LogP contribution in [-0.2, 0) is 14.3 Å². The fraction of sp³-hybridized carbons (Fsp3) is 0.640. The van der Waals surface area contributed by atoms with Gasteiger partial charge in [-0.3, -0.25) is 9.59 Å². The second kappa shape index (κ2) is 12.5. The molecule has 0 saturated heterocycles. The van der Waals surface area contributed by atoms with Crippen molar-refractivity contribution in [2.45, 2.75) is 92.3 Å². The van der Waals surface area contributed by atoms with Crippen LogP contribution in [-0.4, -0.2) is 47.5 Å². The van der Waals surface area contributed by atoms with Gasteiger partial charge in [-0.25, -0.2) is 4.79 Å². The van der Waals surface area contributed by atoms with Gasteiger partial charge in [0.05, 0.1) is 0 Å². The molecule has 2 N–H and O–H groups in total. The molecule has 0 radical (unpaired) electrons. The smallest absolute Gasteiger partial charge is 0.408 e. The van der Waals surface area contributed by atoms with E-state index in [4.69, 9.17) is 4.74 Å². The van der Waals surface area contributed by atoms with Gasteiger partial charge < -0.3 is 20.3 Å². The summed E-state index contributed by atoms with van der Waals surface area (Å²) in [7, 11) is 0. The number of carbonyl (C=O) groups excluding carboxylic acids is 3. The summed E-state index contributed by atoms with van der Waals surface area (Å²) in [6.45, 7) is 15.3. The standard InChI is InChI=1S/C25H41N3O4/c1-9-11-19(5)27-23(30)22(20-15-17(3)12-13-18(20)4)28(14-10-2)21(29)16-26-24(31)32-25(6,7)8/h12-13,15,19,22H,9-11,14,16H2,1-8H3,(H,26,31)(H,27,30). The molecule has 7 heteroatoms. The van der Waals surface area contributed by atoms with Crippen molar-refractivity contribution >= 4 is 17.9 Å². The Morgan fingerprint density at radius 1 is 1.09 bits per heavy atom. The second-order valence-corrected chi connectivity index (χ2v) is 9.40. The van der Waals surface area contributed by atoms with Crippen molar-refractivity contribution in [3.8, 4) is 0 Å². The molecular weight excluding hydrogens is 406 g/mol. The fourth-order valence-electron chi connectivity index (χ4n) is 3.53. The molecule has 1 aromatic carbocycles. The van der Waals surface area contributed by atoms with Gasteiger partial charge in [-0.2, -0.15) is 0 Å². The van der Waals surface area contributed by atoms with Crippen LogP contribution in [0, 0.1) is 13.8 Å². The molecule has 0 aliphatic heterocycles. The number of aryl methyl sites for hydroxylation is 2. The van der Waals surface area contributed by atoms with Crippen molar-refractivity contribution in [1.29, 1.82) is 0 Å². The number of nitrogens with one attached hydrogen (secondary N) is 2. The summed E-state index contributed by atoms with van der Waals surface area (Å²) in [5, 5.41) is 5.60. The molecule has 3 amide bonds. The monoisotopic (exact) mass is 447 g/mol. The van der Waals surface area contributed by atoms with E-state index in [2.05, 4.69) is 17.6 Å². The number of carbonyl (C=O) groups is 3. The molecule has 2 unspecified atom stereocenters. The lowest BCUT2D eigenvalue weighted by atomic mass is 9.96. The molecule has 7 nitrogen and oxygen atoms in total. The number of alkyl carbamates (subject to hydrolysis) is 1. The number of nitrogens with zero attached hydrogens (tertiary/aromatic N) is 1. The molecule has 180 valence electrons. The molecule has 0 saturated carbocycles. The maximum absolute atomic E-state index is 13.4. The molecule has 2 atom stereocenters. The number of hydrogen-bond donors (Lipinski definition) is 2. The van der Waals surface area contributed by atoms with E-state index in [0.29, 0.717) is 13.0 Å². The third-order valence-corrected chi connectivity index (χ3v) is 4.97. The minimum absolute atomic E-state index is 0.00131. The minimum atomic E-state index is -0.776. The molecule has 0 heterocycles. The highest BCUT2D eigenvalue weighted by Gasteiger charge is 2.33. The Kier molecular flexibility index (Phi) is 10.7. The van der Waals surface area contributed by atoms with Crippen molar-refractivity contribution < 1.29 is 19.1 Å². The van der Waals surface area contributed by atoms with E-state index in [-0.39, 0.29) is 24.4 Å². The number of benzene rings is 1. The largest absolute Gasteiger partial charge is 0.444 e. The van der Waals surface area contributed by atoms with Gasteiger partial charge in [0.25, 0.3) is 0 Å². The highest BCUT2D eigenvalue weighted by Crippen LogP contribution is 2.26. The summed E-state index contributed by atoms with van der Waals surface area (Å²) in [6, 6.07) is 5.14. The normalized spacial score (nSPS) is 13.1. The van der Waals surface area contributed by atoms with Gasteiger partial charge in [0.1, 0.15) is 18.2 Å². The van der Waals surface area contributed by atoms with Crippen LogP contribution >= 0.6 is 0 Å². The first-order valence-electron chi connectivity index (χ1n) is 11.5. The molecule has 0 fully saturated rings. The van der Waals surface area contributed by atoms with Gasteiger partial charge in [-0.1, -0.05) is 44.0 Å². The Bertz CT molecular complexity index is 786. The fourth-order valence-corrected chi connectivity index (χ4v) is 3.53. The van der Waals surface area contributed by atoms with Crippen molar-refractivity contribution in [3.05, 3.63) is 34.9 Å². The van der Waals surface area contributed by atoms with Crippen LogP contribution in [0.4, 0.5) is 4.79 Å². The molecule has 0 aliphatic rings. The van der Waals surface area contributed by atoms with Gasteiger partial charge >= 0.3 is 6.09 Å². The van der Waals surface area contributed by atoms with Gasteiger partial charge in [-0.15, -0.1) is 0 Å². The first-order chi connectivity index (χ1) is 14.9. The molecule has 0 bridgehead atoms. The average molecular weight is 448 g/mol. The van der Waals surface area contributed by atoms with Gasteiger partial charge in [0, 0.05) is 12.6 Å². The Hall–Kier alpha value is -2.57. The Morgan fingerprint density at radius 2 is 1.75 bits per heavy atom. The second-order valence-electron chi connectivity index (χ2n) is 9.40. The highest BCUT2D eigenvalue weighted by molar-refractivity contribution is 5.90. The maximum atomic E-state index is 13.4. The number of rotatable bonds is 10. The van der Waals surface area contributed by atoms with E-state index in [1.54, 1.807) is 25.7 Å². The van der Waals surface area contributed by atoms with E-state index < -0.39 is 17.7 Å². The summed E-state index contributed by atoms with van der Waals surface area (Å²) < 4.78 is 5.23. The third-order valence-electron chi connectivity index (χ3n) is 4.97. The van der Waals surface area contributed by atoms with E-state index in [9.17, 15) is 14.4 Å². The van der Waals surface area contributed by atoms with Crippen molar-refractivity contribution in [2.24, 2.45) is 0 Å². The number of ether oxygens (including phenoxy) is 1. The van der Waals surface area contributed by atoms with Crippen LogP contribution in [0.2, 0.25) is 0 Å². The molecule has 1 aromatic rings. The molecular formula is C25H41N3O4. The summed E-state index contributed by atoms with van der Waals surface area (Å²) in [5.74, 6) is -0.541. The lowest BCUT2D eigenvalue weighted by Gasteiger charge is -2.33.